The van der Waals surface area contributed by atoms with Crippen molar-refractivity contribution in [3.05, 3.63) is 60.2 Å². The maximum atomic E-state index is 13.0. The lowest BCUT2D eigenvalue weighted by Gasteiger charge is -2.25. The Labute approximate surface area is 181 Å². The molecule has 1 aliphatic rings. The molecule has 0 saturated carbocycles. The van der Waals surface area contributed by atoms with Crippen LogP contribution in [0.4, 0.5) is 4.79 Å². The monoisotopic (exact) mass is 425 g/mol. The number of nitrogens with one attached hydrogen (secondary N) is 2. The second kappa shape index (κ2) is 9.97. The molecule has 4 amide bonds. The van der Waals surface area contributed by atoms with E-state index in [0.29, 0.717) is 37.4 Å². The van der Waals surface area contributed by atoms with Gasteiger partial charge in [-0.25, -0.2) is 4.79 Å². The minimum Gasteiger partial charge on any atom is -0.494 e. The van der Waals surface area contributed by atoms with E-state index in [2.05, 4.69) is 10.7 Å². The molecule has 1 aliphatic heterocycles. The molecule has 1 fully saturated rings. The number of carbonyl (C=O) groups is 3. The van der Waals surface area contributed by atoms with Crippen molar-refractivity contribution < 1.29 is 23.9 Å². The van der Waals surface area contributed by atoms with Crippen molar-refractivity contribution in [2.75, 3.05) is 13.2 Å². The van der Waals surface area contributed by atoms with Crippen LogP contribution in [0.1, 0.15) is 38.7 Å². The first-order valence-corrected chi connectivity index (χ1v) is 10.4. The molecule has 0 aliphatic carbocycles. The van der Waals surface area contributed by atoms with Gasteiger partial charge < -0.3 is 14.8 Å². The average Bonchev–Trinajstić information content (AvgIpc) is 3.03. The number of urea groups is 1. The topological polar surface area (TPSA) is 97.0 Å². The van der Waals surface area contributed by atoms with E-state index in [0.717, 1.165) is 10.8 Å². The molecule has 0 spiro atoms. The van der Waals surface area contributed by atoms with Gasteiger partial charge in [-0.2, -0.15) is 5.01 Å². The number of carbonyl (C=O) groups excluding carboxylic acids is 3. The van der Waals surface area contributed by atoms with Crippen molar-refractivity contribution >= 4 is 17.8 Å². The van der Waals surface area contributed by atoms with Gasteiger partial charge in [0.2, 0.25) is 5.91 Å². The Balaban J connectivity index is 1.50. The second-order valence-electron chi connectivity index (χ2n) is 7.09. The van der Waals surface area contributed by atoms with Crippen LogP contribution in [-0.2, 0) is 15.1 Å². The molecule has 0 radical (unpaired) electrons. The average molecular weight is 425 g/mol. The Kier molecular flexibility index (Phi) is 7.12. The molecule has 3 rings (SSSR count). The first kappa shape index (κ1) is 22.1. The molecule has 2 aromatic rings. The lowest BCUT2D eigenvalue weighted by molar-refractivity contribution is -0.139. The highest BCUT2D eigenvalue weighted by molar-refractivity contribution is 6.08. The predicted octanol–water partition coefficient (Wildman–Crippen LogP) is 3.13. The van der Waals surface area contributed by atoms with Gasteiger partial charge in [-0.3, -0.25) is 15.0 Å². The molecular weight excluding hydrogens is 398 g/mol. The van der Waals surface area contributed by atoms with Gasteiger partial charge in [-0.1, -0.05) is 37.3 Å². The minimum absolute atomic E-state index is 0.110. The Bertz CT molecular complexity index is 917. The summed E-state index contributed by atoms with van der Waals surface area (Å²) < 4.78 is 11.0. The maximum absolute atomic E-state index is 13.0. The highest BCUT2D eigenvalue weighted by Gasteiger charge is 2.52. The molecule has 8 heteroatoms. The number of nitrogens with zero attached hydrogens (tertiary/aromatic N) is 1. The largest absolute Gasteiger partial charge is 0.494 e. The quantitative estimate of drug-likeness (QED) is 0.450. The van der Waals surface area contributed by atoms with Gasteiger partial charge in [-0.05, 0) is 49.6 Å². The zero-order valence-electron chi connectivity index (χ0n) is 17.7. The van der Waals surface area contributed by atoms with Gasteiger partial charge in [0.05, 0.1) is 13.2 Å². The van der Waals surface area contributed by atoms with E-state index in [9.17, 15) is 14.4 Å². The summed E-state index contributed by atoms with van der Waals surface area (Å²) in [5, 5.41) is 3.50. The summed E-state index contributed by atoms with van der Waals surface area (Å²) in [5.41, 5.74) is 1.92. The van der Waals surface area contributed by atoms with E-state index < -0.39 is 23.4 Å². The molecule has 2 aromatic carbocycles. The van der Waals surface area contributed by atoms with Crippen molar-refractivity contribution in [2.45, 2.75) is 38.6 Å². The number of hydrogen-bond donors (Lipinski definition) is 2. The van der Waals surface area contributed by atoms with Gasteiger partial charge in [0.1, 0.15) is 17.0 Å². The molecule has 0 aromatic heterocycles. The minimum atomic E-state index is -1.18. The SMILES string of the molecule is CCOc1ccc(OCCCC(=O)NN2C(=O)N[C@](CC)(c3ccccc3)C2=O)cc1. The van der Waals surface area contributed by atoms with Gasteiger partial charge >= 0.3 is 6.03 Å². The van der Waals surface area contributed by atoms with Crippen molar-refractivity contribution in [1.82, 2.24) is 15.8 Å². The van der Waals surface area contributed by atoms with E-state index in [1.165, 1.54) is 0 Å². The lowest BCUT2D eigenvalue weighted by Crippen LogP contribution is -2.48. The molecule has 1 heterocycles. The molecule has 1 saturated heterocycles. The Morgan fingerprint density at radius 1 is 1.00 bits per heavy atom. The number of hydrazine groups is 1. The normalized spacial score (nSPS) is 17.9. The molecule has 31 heavy (non-hydrogen) atoms. The van der Waals surface area contributed by atoms with E-state index in [-0.39, 0.29) is 6.42 Å². The Morgan fingerprint density at radius 2 is 1.65 bits per heavy atom. The van der Waals surface area contributed by atoms with Crippen molar-refractivity contribution in [1.29, 1.82) is 0 Å². The van der Waals surface area contributed by atoms with Gasteiger partial charge in [0.25, 0.3) is 5.91 Å². The third kappa shape index (κ3) is 4.96. The summed E-state index contributed by atoms with van der Waals surface area (Å²) in [6.45, 7) is 4.65. The van der Waals surface area contributed by atoms with Crippen molar-refractivity contribution in [3.8, 4) is 11.5 Å². The summed E-state index contributed by atoms with van der Waals surface area (Å²) in [7, 11) is 0. The number of hydrogen-bond acceptors (Lipinski definition) is 5. The van der Waals surface area contributed by atoms with E-state index in [1.807, 2.05) is 32.0 Å². The lowest BCUT2D eigenvalue weighted by atomic mass is 9.87. The zero-order chi connectivity index (χ0) is 22.3. The summed E-state index contributed by atoms with van der Waals surface area (Å²) in [5.74, 6) is 0.513. The van der Waals surface area contributed by atoms with Gasteiger partial charge in [0, 0.05) is 6.42 Å². The third-order valence-electron chi connectivity index (χ3n) is 5.08. The van der Waals surface area contributed by atoms with Crippen LogP contribution in [-0.4, -0.2) is 36.1 Å². The molecule has 1 atom stereocenters. The molecule has 0 bridgehead atoms. The van der Waals surface area contributed by atoms with Crippen LogP contribution in [0.25, 0.3) is 0 Å². The Morgan fingerprint density at radius 3 is 2.26 bits per heavy atom. The third-order valence-corrected chi connectivity index (χ3v) is 5.08. The smallest absolute Gasteiger partial charge is 0.344 e. The van der Waals surface area contributed by atoms with E-state index >= 15 is 0 Å². The number of imide groups is 1. The van der Waals surface area contributed by atoms with E-state index in [1.54, 1.807) is 36.4 Å². The van der Waals surface area contributed by atoms with Crippen molar-refractivity contribution in [3.63, 3.8) is 0 Å². The molecular formula is C23H27N3O5. The number of benzene rings is 2. The van der Waals surface area contributed by atoms with Crippen molar-refractivity contribution in [2.24, 2.45) is 0 Å². The molecule has 164 valence electrons. The molecule has 2 N–H and O–H groups in total. The highest BCUT2D eigenvalue weighted by atomic mass is 16.5. The summed E-state index contributed by atoms with van der Waals surface area (Å²) in [4.78, 5) is 37.7. The predicted molar refractivity (Wildman–Crippen MR) is 114 cm³/mol. The summed E-state index contributed by atoms with van der Waals surface area (Å²) in [6, 6.07) is 15.6. The second-order valence-corrected chi connectivity index (χ2v) is 7.09. The Hall–Kier alpha value is -3.55. The zero-order valence-corrected chi connectivity index (χ0v) is 17.7. The number of amides is 4. The van der Waals surface area contributed by atoms with Crippen LogP contribution in [0.2, 0.25) is 0 Å². The van der Waals surface area contributed by atoms with Crippen LogP contribution in [0.3, 0.4) is 0 Å². The summed E-state index contributed by atoms with van der Waals surface area (Å²) >= 11 is 0. The van der Waals surface area contributed by atoms with Gasteiger partial charge in [-0.15, -0.1) is 0 Å². The number of rotatable bonds is 10. The number of ether oxygens (including phenoxy) is 2. The fourth-order valence-electron chi connectivity index (χ4n) is 3.44. The van der Waals surface area contributed by atoms with Crippen LogP contribution >= 0.6 is 0 Å². The van der Waals surface area contributed by atoms with Crippen LogP contribution in [0, 0.1) is 0 Å². The molecule has 8 nitrogen and oxygen atoms in total. The molecule has 0 unspecified atom stereocenters. The maximum Gasteiger partial charge on any atom is 0.344 e. The van der Waals surface area contributed by atoms with Gasteiger partial charge in [0.15, 0.2) is 0 Å². The first-order chi connectivity index (χ1) is 15.0. The van der Waals surface area contributed by atoms with Crippen LogP contribution < -0.4 is 20.2 Å². The van der Waals surface area contributed by atoms with Crippen LogP contribution in [0.15, 0.2) is 54.6 Å². The fourth-order valence-corrected chi connectivity index (χ4v) is 3.44. The fraction of sp³-hybridized carbons (Fsp3) is 0.348. The standard InChI is InChI=1S/C23H27N3O5/c1-3-23(17-9-6-5-7-10-17)21(28)26(22(29)24-23)25-20(27)11-8-16-31-19-14-12-18(13-15-19)30-4-2/h5-7,9-10,12-15H,3-4,8,11,16H2,1-2H3,(H,24,29)(H,25,27)/t23-/m1/s1. The highest BCUT2D eigenvalue weighted by Crippen LogP contribution is 2.31. The van der Waals surface area contributed by atoms with Crippen LogP contribution in [0.5, 0.6) is 11.5 Å². The summed E-state index contributed by atoms with van der Waals surface area (Å²) in [6.07, 6.45) is 0.905. The van der Waals surface area contributed by atoms with E-state index in [4.69, 9.17) is 9.47 Å². The first-order valence-electron chi connectivity index (χ1n) is 10.4.